The normalized spacial score (nSPS) is 9.54. The molecule has 0 spiro atoms. The van der Waals surface area contributed by atoms with E-state index in [0.717, 1.165) is 11.4 Å². The van der Waals surface area contributed by atoms with E-state index in [2.05, 4.69) is 23.1 Å². The van der Waals surface area contributed by atoms with Gasteiger partial charge in [-0.3, -0.25) is 4.79 Å². The molecule has 0 radical (unpaired) electrons. The summed E-state index contributed by atoms with van der Waals surface area (Å²) in [6.45, 7) is 7.25. The van der Waals surface area contributed by atoms with E-state index >= 15 is 0 Å². The molecule has 0 aliphatic carbocycles. The molecule has 0 saturated carbocycles. The Hall–Kier alpha value is -1.64. The number of nitrogens with one attached hydrogen (secondary N) is 1. The van der Waals surface area contributed by atoms with Crippen molar-refractivity contribution < 1.29 is 4.79 Å². The Morgan fingerprint density at radius 3 is 2.54 bits per heavy atom. The van der Waals surface area contributed by atoms with E-state index in [0.29, 0.717) is 25.0 Å². The molecule has 0 atom stereocenters. The minimum Gasteiger partial charge on any atom is -0.339 e. The van der Waals surface area contributed by atoms with Gasteiger partial charge in [0.25, 0.3) is 0 Å². The largest absolute Gasteiger partial charge is 0.339 e. The maximum Gasteiger partial charge on any atom is 0.185 e. The van der Waals surface area contributed by atoms with Crippen LogP contribution in [0.15, 0.2) is 25.3 Å². The number of nitrogens with zero attached hydrogens (tertiary/aromatic N) is 1. The average Bonchev–Trinajstić information content (AvgIpc) is 2.50. The molecule has 68 valence electrons. The SMILES string of the molecule is C=CCc1nc(C=O)[nH]c1CC=C. The minimum absolute atomic E-state index is 0.369. The van der Waals surface area contributed by atoms with Crippen molar-refractivity contribution in [1.29, 1.82) is 0 Å². The third kappa shape index (κ3) is 2.15. The van der Waals surface area contributed by atoms with Gasteiger partial charge in [-0.15, -0.1) is 13.2 Å². The average molecular weight is 176 g/mol. The van der Waals surface area contributed by atoms with Crippen LogP contribution in [-0.2, 0) is 12.8 Å². The van der Waals surface area contributed by atoms with E-state index in [1.54, 1.807) is 12.2 Å². The predicted octanol–water partition coefficient (Wildman–Crippen LogP) is 1.68. The number of hydrogen-bond donors (Lipinski definition) is 1. The van der Waals surface area contributed by atoms with Gasteiger partial charge in [-0.1, -0.05) is 12.2 Å². The van der Waals surface area contributed by atoms with Crippen LogP contribution in [0.1, 0.15) is 22.0 Å². The van der Waals surface area contributed by atoms with Gasteiger partial charge in [-0.2, -0.15) is 0 Å². The Morgan fingerprint density at radius 1 is 1.31 bits per heavy atom. The Labute approximate surface area is 77.2 Å². The number of rotatable bonds is 5. The zero-order valence-electron chi connectivity index (χ0n) is 7.42. The molecule has 1 N–H and O–H groups in total. The summed E-state index contributed by atoms with van der Waals surface area (Å²) in [5.74, 6) is 0.369. The quantitative estimate of drug-likeness (QED) is 0.548. The third-order valence-electron chi connectivity index (χ3n) is 1.68. The summed E-state index contributed by atoms with van der Waals surface area (Å²) in [5, 5.41) is 0. The summed E-state index contributed by atoms with van der Waals surface area (Å²) in [5.41, 5.74) is 1.81. The molecule has 0 unspecified atom stereocenters. The first-order valence-corrected chi connectivity index (χ1v) is 4.06. The van der Waals surface area contributed by atoms with Crippen molar-refractivity contribution in [3.05, 3.63) is 42.5 Å². The fraction of sp³-hybridized carbons (Fsp3) is 0.200. The first-order chi connectivity index (χ1) is 6.31. The summed E-state index contributed by atoms with van der Waals surface area (Å²) >= 11 is 0. The number of hydrogen-bond acceptors (Lipinski definition) is 2. The van der Waals surface area contributed by atoms with Crippen LogP contribution in [0.2, 0.25) is 0 Å². The van der Waals surface area contributed by atoms with Gasteiger partial charge in [0.1, 0.15) is 0 Å². The highest BCUT2D eigenvalue weighted by Crippen LogP contribution is 2.07. The maximum atomic E-state index is 10.4. The Morgan fingerprint density at radius 2 is 2.00 bits per heavy atom. The van der Waals surface area contributed by atoms with Crippen LogP contribution >= 0.6 is 0 Å². The fourth-order valence-electron chi connectivity index (χ4n) is 1.14. The molecule has 3 heteroatoms. The summed E-state index contributed by atoms with van der Waals surface area (Å²) in [6, 6.07) is 0. The van der Waals surface area contributed by atoms with Gasteiger partial charge >= 0.3 is 0 Å². The lowest BCUT2D eigenvalue weighted by Gasteiger charge is -1.93. The van der Waals surface area contributed by atoms with E-state index in [9.17, 15) is 4.79 Å². The number of aromatic nitrogens is 2. The van der Waals surface area contributed by atoms with Crippen LogP contribution in [0.4, 0.5) is 0 Å². The molecule has 3 nitrogen and oxygen atoms in total. The highest BCUT2D eigenvalue weighted by Gasteiger charge is 2.06. The van der Waals surface area contributed by atoms with Crippen molar-refractivity contribution >= 4 is 6.29 Å². The summed E-state index contributed by atoms with van der Waals surface area (Å²) < 4.78 is 0. The standard InChI is InChI=1S/C10H12N2O/c1-3-5-8-9(6-4-2)12-10(7-13)11-8/h3-4,7H,1-2,5-6H2,(H,11,12). The van der Waals surface area contributed by atoms with Gasteiger partial charge in [0.05, 0.1) is 5.69 Å². The summed E-state index contributed by atoms with van der Waals surface area (Å²) in [6.07, 6.45) is 5.61. The maximum absolute atomic E-state index is 10.4. The van der Waals surface area contributed by atoms with Crippen LogP contribution in [-0.4, -0.2) is 16.3 Å². The molecular weight excluding hydrogens is 164 g/mol. The molecule has 1 rings (SSSR count). The van der Waals surface area contributed by atoms with Crippen LogP contribution < -0.4 is 0 Å². The van der Waals surface area contributed by atoms with Crippen LogP contribution in [0.5, 0.6) is 0 Å². The zero-order chi connectivity index (χ0) is 9.68. The van der Waals surface area contributed by atoms with Gasteiger partial charge in [-0.05, 0) is 0 Å². The van der Waals surface area contributed by atoms with Gasteiger partial charge < -0.3 is 4.98 Å². The van der Waals surface area contributed by atoms with Crippen LogP contribution in [0.25, 0.3) is 0 Å². The monoisotopic (exact) mass is 176 g/mol. The van der Waals surface area contributed by atoms with Crippen molar-refractivity contribution in [2.45, 2.75) is 12.8 Å². The Balaban J connectivity index is 2.98. The molecule has 0 bridgehead atoms. The first kappa shape index (κ1) is 9.45. The predicted molar refractivity (Wildman–Crippen MR) is 51.8 cm³/mol. The summed E-state index contributed by atoms with van der Waals surface area (Å²) in [7, 11) is 0. The number of allylic oxidation sites excluding steroid dienone is 2. The number of imidazole rings is 1. The molecule has 1 heterocycles. The highest BCUT2D eigenvalue weighted by molar-refractivity contribution is 5.69. The van der Waals surface area contributed by atoms with Crippen molar-refractivity contribution in [2.24, 2.45) is 0 Å². The molecule has 0 amide bonds. The second-order valence-corrected chi connectivity index (χ2v) is 2.65. The molecule has 0 aromatic carbocycles. The Bertz CT molecular complexity index is 298. The third-order valence-corrected chi connectivity index (χ3v) is 1.68. The number of H-pyrrole nitrogens is 1. The van der Waals surface area contributed by atoms with Gasteiger partial charge in [-0.25, -0.2) is 4.98 Å². The van der Waals surface area contributed by atoms with E-state index in [1.807, 2.05) is 0 Å². The van der Waals surface area contributed by atoms with E-state index in [1.165, 1.54) is 0 Å². The van der Waals surface area contributed by atoms with E-state index < -0.39 is 0 Å². The molecule has 13 heavy (non-hydrogen) atoms. The zero-order valence-corrected chi connectivity index (χ0v) is 7.42. The first-order valence-electron chi connectivity index (χ1n) is 4.06. The molecule has 0 saturated heterocycles. The minimum atomic E-state index is 0.369. The number of carbonyl (C=O) groups excluding carboxylic acids is 1. The van der Waals surface area contributed by atoms with Crippen molar-refractivity contribution in [3.8, 4) is 0 Å². The molecular formula is C10H12N2O. The molecule has 0 aliphatic heterocycles. The number of aldehydes is 1. The van der Waals surface area contributed by atoms with Crippen molar-refractivity contribution in [1.82, 2.24) is 9.97 Å². The van der Waals surface area contributed by atoms with Crippen molar-refractivity contribution in [3.63, 3.8) is 0 Å². The van der Waals surface area contributed by atoms with Crippen LogP contribution in [0, 0.1) is 0 Å². The lowest BCUT2D eigenvalue weighted by atomic mass is 10.2. The van der Waals surface area contributed by atoms with Gasteiger partial charge in [0.2, 0.25) is 0 Å². The smallest absolute Gasteiger partial charge is 0.185 e. The van der Waals surface area contributed by atoms with Crippen molar-refractivity contribution in [2.75, 3.05) is 0 Å². The fourth-order valence-corrected chi connectivity index (χ4v) is 1.14. The van der Waals surface area contributed by atoms with E-state index in [-0.39, 0.29) is 0 Å². The number of aromatic amines is 1. The molecule has 0 aliphatic rings. The highest BCUT2D eigenvalue weighted by atomic mass is 16.1. The van der Waals surface area contributed by atoms with E-state index in [4.69, 9.17) is 0 Å². The topological polar surface area (TPSA) is 45.8 Å². The lowest BCUT2D eigenvalue weighted by Crippen LogP contribution is -1.89. The van der Waals surface area contributed by atoms with Gasteiger partial charge in [0.15, 0.2) is 12.1 Å². The Kier molecular flexibility index (Phi) is 3.20. The number of carbonyl (C=O) groups is 1. The summed E-state index contributed by atoms with van der Waals surface area (Å²) in [4.78, 5) is 17.4. The second kappa shape index (κ2) is 4.40. The molecule has 1 aromatic heterocycles. The second-order valence-electron chi connectivity index (χ2n) is 2.65. The van der Waals surface area contributed by atoms with Crippen LogP contribution in [0.3, 0.4) is 0 Å². The molecule has 1 aromatic rings. The molecule has 0 fully saturated rings. The van der Waals surface area contributed by atoms with Gasteiger partial charge in [0, 0.05) is 18.5 Å². The lowest BCUT2D eigenvalue weighted by molar-refractivity contribution is 0.111.